The van der Waals surface area contributed by atoms with Crippen molar-refractivity contribution in [3.05, 3.63) is 64.2 Å². The first kappa shape index (κ1) is 40.0. The first-order chi connectivity index (χ1) is 29.4. The van der Waals surface area contributed by atoms with Crippen molar-refractivity contribution >= 4 is 61.7 Å². The molecule has 16 nitrogen and oxygen atoms in total. The standard InChI is InChI=1S/C44H54N10O6S/c1-28-26-31(10-11-33(28)46-42-45-27-32-39(48-42)53(29-6-3-4-7-29)41(57)44(32)16-17-44)61(59,60)30-14-18-50(19-15-30)20-21-51-22-24-52(25-23-51)34-8-5-9-35-38(34)49(2)43(58)54(35)36-12-13-37(55)47-40(36)56/h5,8-11,26-27,29-30,36H,3-4,6-7,12-25H2,1-2H3,(H,45,46,48)(H,47,55,56). The van der Waals surface area contributed by atoms with Gasteiger partial charge in [0.05, 0.1) is 32.3 Å². The predicted molar refractivity (Wildman–Crippen MR) is 231 cm³/mol. The lowest BCUT2D eigenvalue weighted by molar-refractivity contribution is -0.135. The van der Waals surface area contributed by atoms with Crippen LogP contribution in [-0.4, -0.2) is 119 Å². The lowest BCUT2D eigenvalue weighted by Crippen LogP contribution is -2.49. The highest BCUT2D eigenvalue weighted by Gasteiger charge is 2.61. The average Bonchev–Trinajstić information content (AvgIpc) is 3.72. The highest BCUT2D eigenvalue weighted by Crippen LogP contribution is 2.58. The SMILES string of the molecule is Cc1cc(S(=O)(=O)C2CCN(CCN3CCN(c4cccc5c4n(C)c(=O)n5C4CCC(=O)NC4=O)CC3)CC2)ccc1Nc1ncc2c(n1)N(C1CCCC1)C(=O)C21CC1. The van der Waals surface area contributed by atoms with Crippen molar-refractivity contribution in [1.82, 2.24) is 34.2 Å². The number of hydrogen-bond acceptors (Lipinski definition) is 12. The number of imidazole rings is 1. The van der Waals surface area contributed by atoms with E-state index in [1.54, 1.807) is 29.8 Å². The second kappa shape index (κ2) is 15.3. The molecule has 3 amide bonds. The fourth-order valence-corrected chi connectivity index (χ4v) is 12.4. The number of imide groups is 1. The Hall–Kier alpha value is -5.13. The zero-order valence-corrected chi connectivity index (χ0v) is 35.8. The second-order valence-corrected chi connectivity index (χ2v) is 20.2. The van der Waals surface area contributed by atoms with Gasteiger partial charge in [0.1, 0.15) is 11.9 Å². The van der Waals surface area contributed by atoms with Crippen LogP contribution in [0, 0.1) is 6.92 Å². The van der Waals surface area contributed by atoms with Gasteiger partial charge >= 0.3 is 5.69 Å². The van der Waals surface area contributed by atoms with Crippen LogP contribution in [0.2, 0.25) is 0 Å². The van der Waals surface area contributed by atoms with Crippen LogP contribution in [0.4, 0.5) is 23.1 Å². The van der Waals surface area contributed by atoms with Crippen LogP contribution >= 0.6 is 0 Å². The second-order valence-electron chi connectivity index (χ2n) is 18.0. The molecule has 2 aliphatic carbocycles. The van der Waals surface area contributed by atoms with Crippen molar-refractivity contribution in [2.45, 2.75) is 98.8 Å². The van der Waals surface area contributed by atoms with Gasteiger partial charge in [-0.25, -0.2) is 18.2 Å². The monoisotopic (exact) mass is 850 g/mol. The Morgan fingerprint density at radius 1 is 0.885 bits per heavy atom. The van der Waals surface area contributed by atoms with Gasteiger partial charge in [0.15, 0.2) is 9.84 Å². The summed E-state index contributed by atoms with van der Waals surface area (Å²) in [6.07, 6.45) is 9.43. The number of anilines is 4. The highest BCUT2D eigenvalue weighted by atomic mass is 32.2. The smallest absolute Gasteiger partial charge is 0.329 e. The molecule has 2 aromatic carbocycles. The quantitative estimate of drug-likeness (QED) is 0.223. The van der Waals surface area contributed by atoms with E-state index in [-0.39, 0.29) is 30.0 Å². The summed E-state index contributed by atoms with van der Waals surface area (Å²) in [6.45, 7) is 8.36. The number of aromatic nitrogens is 4. The third kappa shape index (κ3) is 6.92. The van der Waals surface area contributed by atoms with Crippen LogP contribution in [-0.2, 0) is 36.7 Å². The number of aryl methyl sites for hydroxylation is 2. The minimum Gasteiger partial charge on any atom is -0.367 e. The molecule has 4 aliphatic heterocycles. The number of piperidine rings is 2. The maximum Gasteiger partial charge on any atom is 0.329 e. The summed E-state index contributed by atoms with van der Waals surface area (Å²) < 4.78 is 31.0. The molecule has 4 aromatic rings. The lowest BCUT2D eigenvalue weighted by Gasteiger charge is -2.38. The number of carbonyl (C=O) groups is 3. The molecule has 1 atom stereocenters. The van der Waals surface area contributed by atoms with E-state index in [9.17, 15) is 27.6 Å². The van der Waals surface area contributed by atoms with Gasteiger partial charge < -0.3 is 15.1 Å². The van der Waals surface area contributed by atoms with Crippen LogP contribution in [0.3, 0.4) is 0 Å². The maximum atomic E-state index is 13.9. The van der Waals surface area contributed by atoms with Crippen molar-refractivity contribution in [3.8, 4) is 0 Å². The Morgan fingerprint density at radius 2 is 1.61 bits per heavy atom. The molecule has 2 N–H and O–H groups in total. The number of amides is 3. The number of fused-ring (bicyclic) bond motifs is 3. The number of rotatable bonds is 10. The highest BCUT2D eigenvalue weighted by molar-refractivity contribution is 7.92. The third-order valence-corrected chi connectivity index (χ3v) is 16.6. The van der Waals surface area contributed by atoms with Gasteiger partial charge in [-0.15, -0.1) is 0 Å². The molecular formula is C44H54N10O6S. The Morgan fingerprint density at radius 3 is 2.30 bits per heavy atom. The normalized spacial score (nSPS) is 22.7. The zero-order valence-electron chi connectivity index (χ0n) is 34.9. The van der Waals surface area contributed by atoms with Gasteiger partial charge in [0.2, 0.25) is 23.7 Å². The molecule has 0 bridgehead atoms. The van der Waals surface area contributed by atoms with Crippen LogP contribution < -0.4 is 26.1 Å². The molecule has 2 saturated carbocycles. The van der Waals surface area contributed by atoms with Crippen LogP contribution in [0.1, 0.15) is 81.4 Å². The van der Waals surface area contributed by atoms with Gasteiger partial charge in [-0.05, 0) is 101 Å². The first-order valence-electron chi connectivity index (χ1n) is 22.0. The van der Waals surface area contributed by atoms with Crippen LogP contribution in [0.5, 0.6) is 0 Å². The average molecular weight is 851 g/mol. The van der Waals surface area contributed by atoms with Crippen molar-refractivity contribution in [1.29, 1.82) is 0 Å². The lowest BCUT2D eigenvalue weighted by atomic mass is 10.0. The summed E-state index contributed by atoms with van der Waals surface area (Å²) in [7, 11) is -1.80. The summed E-state index contributed by atoms with van der Waals surface area (Å²) in [6, 6.07) is 10.5. The van der Waals surface area contributed by atoms with Crippen molar-refractivity contribution < 1.29 is 22.8 Å². The first-order valence-corrected chi connectivity index (χ1v) is 23.5. The summed E-state index contributed by atoms with van der Waals surface area (Å²) in [4.78, 5) is 70.3. The van der Waals surface area contributed by atoms with Gasteiger partial charge in [-0.2, -0.15) is 4.98 Å². The van der Waals surface area contributed by atoms with Gasteiger partial charge in [0, 0.05) is 76.2 Å². The molecule has 10 rings (SSSR count). The Labute approximate surface area is 355 Å². The number of sulfone groups is 1. The minimum atomic E-state index is -3.54. The molecule has 1 spiro atoms. The van der Waals surface area contributed by atoms with Crippen molar-refractivity contribution in [2.75, 3.05) is 67.5 Å². The molecule has 3 saturated heterocycles. The molecule has 1 unspecified atom stereocenters. The topological polar surface area (TPSA) is 175 Å². The van der Waals surface area contributed by atoms with Crippen molar-refractivity contribution in [3.63, 3.8) is 0 Å². The van der Waals surface area contributed by atoms with E-state index < -0.39 is 32.5 Å². The number of likely N-dealkylation sites (tertiary alicyclic amines) is 1. The van der Waals surface area contributed by atoms with E-state index in [4.69, 9.17) is 4.98 Å². The number of para-hydroxylation sites is 1. The van der Waals surface area contributed by atoms with Gasteiger partial charge in [0.25, 0.3) is 0 Å². The van der Waals surface area contributed by atoms with E-state index in [2.05, 4.69) is 30.3 Å². The van der Waals surface area contributed by atoms with Gasteiger partial charge in [-0.3, -0.25) is 38.6 Å². The number of carbonyl (C=O) groups excluding carboxylic acids is 3. The number of benzene rings is 2. The van der Waals surface area contributed by atoms with Gasteiger partial charge in [-0.1, -0.05) is 18.9 Å². The zero-order chi connectivity index (χ0) is 42.2. The van der Waals surface area contributed by atoms with E-state index in [0.717, 1.165) is 125 Å². The number of hydrogen-bond donors (Lipinski definition) is 2. The molecule has 0 radical (unpaired) electrons. The number of nitrogens with one attached hydrogen (secondary N) is 2. The Bertz CT molecular complexity index is 2600. The molecule has 6 aliphatic rings. The van der Waals surface area contributed by atoms with E-state index in [0.29, 0.717) is 35.6 Å². The van der Waals surface area contributed by atoms with E-state index in [1.807, 2.05) is 36.2 Å². The van der Waals surface area contributed by atoms with Crippen molar-refractivity contribution in [2.24, 2.45) is 7.05 Å². The molecule has 61 heavy (non-hydrogen) atoms. The number of nitrogens with zero attached hydrogens (tertiary/aromatic N) is 8. The Balaban J connectivity index is 0.726. The molecule has 6 heterocycles. The third-order valence-electron chi connectivity index (χ3n) is 14.4. The largest absolute Gasteiger partial charge is 0.367 e. The fraction of sp³-hybridized carbons (Fsp3) is 0.545. The molecule has 2 aromatic heterocycles. The summed E-state index contributed by atoms with van der Waals surface area (Å²) in [5.74, 6) is 0.569. The summed E-state index contributed by atoms with van der Waals surface area (Å²) in [5.41, 5.74) is 4.19. The number of piperazine rings is 1. The van der Waals surface area contributed by atoms with E-state index in [1.165, 1.54) is 4.57 Å². The molecule has 5 fully saturated rings. The fourth-order valence-electron chi connectivity index (χ4n) is 10.6. The van der Waals surface area contributed by atoms with E-state index >= 15 is 0 Å². The molecular weight excluding hydrogens is 797 g/mol. The molecule has 17 heteroatoms. The minimum absolute atomic E-state index is 0.178. The predicted octanol–water partition coefficient (Wildman–Crippen LogP) is 3.54. The van der Waals surface area contributed by atoms with Crippen LogP contribution in [0.25, 0.3) is 11.0 Å². The molecule has 322 valence electrons. The van der Waals surface area contributed by atoms with Crippen LogP contribution in [0.15, 0.2) is 52.3 Å². The Kier molecular flexibility index (Phi) is 10.1. The summed E-state index contributed by atoms with van der Waals surface area (Å²) >= 11 is 0. The maximum absolute atomic E-state index is 13.9. The summed E-state index contributed by atoms with van der Waals surface area (Å²) in [5, 5.41) is 5.25.